The average Bonchev–Trinajstić information content (AvgIpc) is 3.14. The quantitative estimate of drug-likeness (QED) is 0.414. The summed E-state index contributed by atoms with van der Waals surface area (Å²) in [7, 11) is 0. The lowest BCUT2D eigenvalue weighted by Gasteiger charge is -2.16. The summed E-state index contributed by atoms with van der Waals surface area (Å²) in [4.78, 5) is 16.7. The molecule has 32 heavy (non-hydrogen) atoms. The number of fused-ring (bicyclic) bond motifs is 3. The molecule has 3 aromatic rings. The number of hydrogen-bond donors (Lipinski definition) is 0. The molecule has 1 aliphatic rings. The molecule has 0 N–H and O–H groups in total. The van der Waals surface area contributed by atoms with Gasteiger partial charge in [-0.25, -0.2) is 4.79 Å². The topological polar surface area (TPSA) is 57.7 Å². The van der Waals surface area contributed by atoms with E-state index >= 15 is 0 Å². The molecule has 5 nitrogen and oxygen atoms in total. The molecule has 0 fully saturated rings. The summed E-state index contributed by atoms with van der Waals surface area (Å²) in [5.74, 6) is 0.740. The Balaban J connectivity index is 1.36. The molecule has 0 aliphatic heterocycles. The molecule has 0 saturated heterocycles. The third kappa shape index (κ3) is 4.83. The number of pyridine rings is 1. The molecular weight excluding hydrogens is 402 g/mol. The molecule has 2 atom stereocenters. The molecule has 5 heteroatoms. The molecule has 1 aromatic heterocycles. The highest BCUT2D eigenvalue weighted by Gasteiger charge is 2.29. The van der Waals surface area contributed by atoms with Gasteiger partial charge >= 0.3 is 5.97 Å². The van der Waals surface area contributed by atoms with Gasteiger partial charge in [-0.2, -0.15) is 0 Å². The Hall–Kier alpha value is -3.18. The van der Waals surface area contributed by atoms with Crippen molar-refractivity contribution in [2.75, 3.05) is 19.8 Å². The van der Waals surface area contributed by atoms with Crippen LogP contribution < -0.4 is 4.74 Å². The first-order valence-electron chi connectivity index (χ1n) is 11.3. The zero-order valence-corrected chi connectivity index (χ0v) is 18.6. The van der Waals surface area contributed by atoms with E-state index in [1.54, 1.807) is 6.92 Å². The molecule has 0 amide bonds. The third-order valence-electron chi connectivity index (χ3n) is 5.73. The SMILES string of the molecule is CCOC(=O)C(Cc1ccc(OCCC2c3ccccc3-c3cccnc32)cc1)OCC. The van der Waals surface area contributed by atoms with Crippen LogP contribution in [0.5, 0.6) is 5.75 Å². The fraction of sp³-hybridized carbons (Fsp3) is 0.333. The summed E-state index contributed by atoms with van der Waals surface area (Å²) in [5, 5.41) is 0. The molecule has 166 valence electrons. The van der Waals surface area contributed by atoms with E-state index < -0.39 is 6.10 Å². The summed E-state index contributed by atoms with van der Waals surface area (Å²) >= 11 is 0. The first-order chi connectivity index (χ1) is 15.7. The van der Waals surface area contributed by atoms with Crippen LogP contribution in [0.3, 0.4) is 0 Å². The summed E-state index contributed by atoms with van der Waals surface area (Å²) in [6.07, 6.45) is 2.62. The number of carbonyl (C=O) groups is 1. The number of rotatable bonds is 10. The standard InChI is InChI=1S/C27H29NO4/c1-3-30-25(27(29)31-4-2)18-19-11-13-20(14-12-19)32-17-15-24-22-9-6-5-8-21(22)23-10-7-16-28-26(23)24/h5-14,16,24-25H,3-4,15,17-18H2,1-2H3. The van der Waals surface area contributed by atoms with E-state index in [0.717, 1.165) is 23.4 Å². The monoisotopic (exact) mass is 431 g/mol. The largest absolute Gasteiger partial charge is 0.494 e. The Morgan fingerprint density at radius 1 is 0.969 bits per heavy atom. The molecule has 1 heterocycles. The smallest absolute Gasteiger partial charge is 0.335 e. The minimum atomic E-state index is -0.582. The number of aromatic nitrogens is 1. The van der Waals surface area contributed by atoms with E-state index in [1.807, 2.05) is 43.5 Å². The normalized spacial score (nSPS) is 15.0. The predicted octanol–water partition coefficient (Wildman–Crippen LogP) is 5.17. The maximum Gasteiger partial charge on any atom is 0.335 e. The van der Waals surface area contributed by atoms with Crippen molar-refractivity contribution in [1.82, 2.24) is 4.98 Å². The van der Waals surface area contributed by atoms with Crippen molar-refractivity contribution in [2.45, 2.75) is 38.7 Å². The van der Waals surface area contributed by atoms with Gasteiger partial charge in [0, 0.05) is 30.7 Å². The Morgan fingerprint density at radius 2 is 1.75 bits per heavy atom. The van der Waals surface area contributed by atoms with Crippen LogP contribution >= 0.6 is 0 Å². The van der Waals surface area contributed by atoms with Crippen molar-refractivity contribution in [3.05, 3.63) is 83.7 Å². The third-order valence-corrected chi connectivity index (χ3v) is 5.73. The Morgan fingerprint density at radius 3 is 2.53 bits per heavy atom. The van der Waals surface area contributed by atoms with Gasteiger partial charge < -0.3 is 14.2 Å². The molecule has 4 rings (SSSR count). The van der Waals surface area contributed by atoms with Crippen LogP contribution in [0.25, 0.3) is 11.1 Å². The minimum absolute atomic E-state index is 0.248. The van der Waals surface area contributed by atoms with Gasteiger partial charge in [0.2, 0.25) is 0 Å². The second-order valence-corrected chi connectivity index (χ2v) is 7.76. The summed E-state index contributed by atoms with van der Waals surface area (Å²) in [6, 6.07) is 20.5. The second kappa shape index (κ2) is 10.4. The van der Waals surface area contributed by atoms with Crippen molar-refractivity contribution in [3.63, 3.8) is 0 Å². The fourth-order valence-electron chi connectivity index (χ4n) is 4.29. The number of esters is 1. The van der Waals surface area contributed by atoms with E-state index in [0.29, 0.717) is 26.2 Å². The average molecular weight is 432 g/mol. The van der Waals surface area contributed by atoms with Gasteiger partial charge in [0.05, 0.1) is 18.9 Å². The first kappa shape index (κ1) is 22.0. The van der Waals surface area contributed by atoms with E-state index in [9.17, 15) is 4.79 Å². The number of hydrogen-bond acceptors (Lipinski definition) is 5. The Bertz CT molecular complexity index is 1000. The maximum absolute atomic E-state index is 12.1. The summed E-state index contributed by atoms with van der Waals surface area (Å²) < 4.78 is 16.7. The van der Waals surface area contributed by atoms with Crippen LogP contribution in [0.1, 0.15) is 43.0 Å². The maximum atomic E-state index is 12.1. The Labute approximate surface area is 189 Å². The van der Waals surface area contributed by atoms with Gasteiger partial charge in [0.1, 0.15) is 5.75 Å². The second-order valence-electron chi connectivity index (χ2n) is 7.76. The number of benzene rings is 2. The van der Waals surface area contributed by atoms with Crippen LogP contribution in [0.4, 0.5) is 0 Å². The van der Waals surface area contributed by atoms with Crippen molar-refractivity contribution in [2.24, 2.45) is 0 Å². The molecular formula is C27H29NO4. The lowest BCUT2D eigenvalue weighted by atomic mass is 9.97. The molecule has 2 aromatic carbocycles. The zero-order chi connectivity index (χ0) is 22.3. The first-order valence-corrected chi connectivity index (χ1v) is 11.3. The predicted molar refractivity (Wildman–Crippen MR) is 124 cm³/mol. The highest BCUT2D eigenvalue weighted by Crippen LogP contribution is 2.44. The van der Waals surface area contributed by atoms with Crippen LogP contribution in [0.15, 0.2) is 66.9 Å². The highest BCUT2D eigenvalue weighted by atomic mass is 16.6. The van der Waals surface area contributed by atoms with Crippen LogP contribution in [0, 0.1) is 0 Å². The van der Waals surface area contributed by atoms with Gasteiger partial charge in [0.25, 0.3) is 0 Å². The number of ether oxygens (including phenoxy) is 3. The minimum Gasteiger partial charge on any atom is -0.494 e. The summed E-state index contributed by atoms with van der Waals surface area (Å²) in [6.45, 7) is 5.08. The highest BCUT2D eigenvalue weighted by molar-refractivity contribution is 5.77. The molecule has 1 aliphatic carbocycles. The van der Waals surface area contributed by atoms with E-state index in [-0.39, 0.29) is 11.9 Å². The van der Waals surface area contributed by atoms with Gasteiger partial charge in [-0.3, -0.25) is 4.98 Å². The van der Waals surface area contributed by atoms with Crippen LogP contribution in [-0.2, 0) is 20.7 Å². The van der Waals surface area contributed by atoms with Crippen molar-refractivity contribution >= 4 is 5.97 Å². The van der Waals surface area contributed by atoms with Gasteiger partial charge in [-0.1, -0.05) is 42.5 Å². The van der Waals surface area contributed by atoms with E-state index in [2.05, 4.69) is 35.3 Å². The molecule has 0 saturated carbocycles. The molecule has 0 radical (unpaired) electrons. The van der Waals surface area contributed by atoms with Crippen molar-refractivity contribution < 1.29 is 19.0 Å². The number of nitrogens with zero attached hydrogens (tertiary/aromatic N) is 1. The molecule has 2 unspecified atom stereocenters. The zero-order valence-electron chi connectivity index (χ0n) is 18.6. The molecule has 0 spiro atoms. The fourth-order valence-corrected chi connectivity index (χ4v) is 4.29. The lowest BCUT2D eigenvalue weighted by molar-refractivity contribution is -0.156. The number of carbonyl (C=O) groups excluding carboxylic acids is 1. The summed E-state index contributed by atoms with van der Waals surface area (Å²) in [5.41, 5.74) is 5.96. The lowest BCUT2D eigenvalue weighted by Crippen LogP contribution is -2.28. The van der Waals surface area contributed by atoms with Crippen LogP contribution in [-0.4, -0.2) is 36.9 Å². The van der Waals surface area contributed by atoms with Crippen molar-refractivity contribution in [1.29, 1.82) is 0 Å². The van der Waals surface area contributed by atoms with Crippen molar-refractivity contribution in [3.8, 4) is 16.9 Å². The molecule has 0 bridgehead atoms. The Kier molecular flexibility index (Phi) is 7.17. The van der Waals surface area contributed by atoms with E-state index in [4.69, 9.17) is 14.2 Å². The van der Waals surface area contributed by atoms with E-state index in [1.165, 1.54) is 16.7 Å². The van der Waals surface area contributed by atoms with Gasteiger partial charge in [0.15, 0.2) is 6.10 Å². The van der Waals surface area contributed by atoms with Gasteiger partial charge in [-0.15, -0.1) is 0 Å². The van der Waals surface area contributed by atoms with Gasteiger partial charge in [-0.05, 0) is 55.2 Å². The van der Waals surface area contributed by atoms with Crippen LogP contribution in [0.2, 0.25) is 0 Å².